The van der Waals surface area contributed by atoms with Crippen molar-refractivity contribution in [2.24, 2.45) is 0 Å². The Hall–Kier alpha value is 0.120. The maximum absolute atomic E-state index is 11.6. The van der Waals surface area contributed by atoms with Crippen LogP contribution in [0.15, 0.2) is 0 Å². The molecule has 1 heterocycles. The summed E-state index contributed by atoms with van der Waals surface area (Å²) in [7, 11) is 0. The van der Waals surface area contributed by atoms with E-state index in [0.29, 0.717) is 0 Å². The molecule has 82 valence electrons. The van der Waals surface area contributed by atoms with Gasteiger partial charge in [-0.2, -0.15) is 0 Å². The molecular formula is C9H17IN2O2. The number of amides is 1. The number of carbonyl (C=O) groups excluding carboxylic acids is 1. The number of nitrogens with zero attached hydrogens (tertiary/aromatic N) is 2. The fraction of sp³-hybridized carbons (Fsp3) is 0.889. The van der Waals surface area contributed by atoms with Crippen LogP contribution in [0.1, 0.15) is 20.3 Å². The smallest absolute Gasteiger partial charge is 0.251 e. The summed E-state index contributed by atoms with van der Waals surface area (Å²) < 4.78 is 2.19. The summed E-state index contributed by atoms with van der Waals surface area (Å²) in [6.07, 6.45) is 0.0719. The van der Waals surface area contributed by atoms with Gasteiger partial charge in [-0.25, -0.2) is 3.11 Å². The maximum Gasteiger partial charge on any atom is 0.251 e. The van der Waals surface area contributed by atoms with E-state index in [0.717, 1.165) is 26.1 Å². The summed E-state index contributed by atoms with van der Waals surface area (Å²) in [6, 6.07) is 0.253. The highest BCUT2D eigenvalue weighted by Crippen LogP contribution is 2.16. The molecule has 4 nitrogen and oxygen atoms in total. The first-order valence-corrected chi connectivity index (χ1v) is 5.92. The number of rotatable bonds is 2. The quantitative estimate of drug-likeness (QED) is 0.601. The Balaban J connectivity index is 2.63. The molecule has 2 atom stereocenters. The molecular weight excluding hydrogens is 295 g/mol. The summed E-state index contributed by atoms with van der Waals surface area (Å²) in [4.78, 5) is 13.4. The fourth-order valence-electron chi connectivity index (χ4n) is 1.70. The first-order chi connectivity index (χ1) is 6.56. The topological polar surface area (TPSA) is 43.8 Å². The van der Waals surface area contributed by atoms with Crippen molar-refractivity contribution in [1.29, 1.82) is 0 Å². The van der Waals surface area contributed by atoms with E-state index in [4.69, 9.17) is 0 Å². The Labute approximate surface area is 98.7 Å². The SMILES string of the molecule is CC[C@H]1CN(I)CCN1C(=O)[C@H](C)O. The molecule has 0 bridgehead atoms. The van der Waals surface area contributed by atoms with Gasteiger partial charge in [0, 0.05) is 48.5 Å². The minimum atomic E-state index is -0.871. The molecule has 1 amide bonds. The highest BCUT2D eigenvalue weighted by atomic mass is 127. The number of hydrogen-bond donors (Lipinski definition) is 1. The molecule has 1 rings (SSSR count). The highest BCUT2D eigenvalue weighted by Gasteiger charge is 2.29. The number of halogens is 1. The lowest BCUT2D eigenvalue weighted by Gasteiger charge is -2.39. The van der Waals surface area contributed by atoms with Crippen LogP contribution in [0.2, 0.25) is 0 Å². The molecule has 0 aromatic heterocycles. The molecule has 1 aliphatic heterocycles. The van der Waals surface area contributed by atoms with E-state index in [2.05, 4.69) is 32.9 Å². The molecule has 5 heteroatoms. The fourth-order valence-corrected chi connectivity index (χ4v) is 2.37. The van der Waals surface area contributed by atoms with E-state index >= 15 is 0 Å². The lowest BCUT2D eigenvalue weighted by molar-refractivity contribution is -0.143. The number of carbonyl (C=O) groups is 1. The van der Waals surface area contributed by atoms with Crippen LogP contribution in [-0.4, -0.2) is 50.8 Å². The molecule has 0 spiro atoms. The van der Waals surface area contributed by atoms with Gasteiger partial charge in [0.2, 0.25) is 0 Å². The van der Waals surface area contributed by atoms with Crippen molar-refractivity contribution in [1.82, 2.24) is 8.01 Å². The third-order valence-corrected chi connectivity index (χ3v) is 3.42. The van der Waals surface area contributed by atoms with Gasteiger partial charge in [0.25, 0.3) is 5.91 Å². The van der Waals surface area contributed by atoms with Crippen molar-refractivity contribution in [2.45, 2.75) is 32.4 Å². The first-order valence-electron chi connectivity index (χ1n) is 4.95. The Kier molecular flexibility index (Phi) is 4.59. The van der Waals surface area contributed by atoms with Gasteiger partial charge in [-0.3, -0.25) is 4.79 Å². The third-order valence-electron chi connectivity index (χ3n) is 2.54. The number of aliphatic hydroxyl groups is 1. The van der Waals surface area contributed by atoms with Gasteiger partial charge in [0.05, 0.1) is 0 Å². The second-order valence-electron chi connectivity index (χ2n) is 3.64. The summed E-state index contributed by atoms with van der Waals surface area (Å²) in [5.41, 5.74) is 0. The van der Waals surface area contributed by atoms with Crippen molar-refractivity contribution < 1.29 is 9.90 Å². The lowest BCUT2D eigenvalue weighted by atomic mass is 10.1. The van der Waals surface area contributed by atoms with E-state index in [-0.39, 0.29) is 11.9 Å². The van der Waals surface area contributed by atoms with Gasteiger partial charge in [-0.1, -0.05) is 6.92 Å². The zero-order chi connectivity index (χ0) is 10.7. The molecule has 1 saturated heterocycles. The van der Waals surface area contributed by atoms with E-state index in [9.17, 15) is 9.90 Å². The Morgan fingerprint density at radius 1 is 1.64 bits per heavy atom. The number of piperazine rings is 1. The van der Waals surface area contributed by atoms with Crippen LogP contribution < -0.4 is 0 Å². The summed E-state index contributed by atoms with van der Waals surface area (Å²) in [6.45, 7) is 6.12. The van der Waals surface area contributed by atoms with Crippen molar-refractivity contribution >= 4 is 28.8 Å². The average Bonchev–Trinajstić information content (AvgIpc) is 2.16. The molecule has 0 saturated carbocycles. The summed E-state index contributed by atoms with van der Waals surface area (Å²) in [5.74, 6) is -0.138. The molecule has 0 radical (unpaired) electrons. The molecule has 1 fully saturated rings. The zero-order valence-electron chi connectivity index (χ0n) is 8.61. The van der Waals surface area contributed by atoms with Crippen molar-refractivity contribution in [2.75, 3.05) is 19.6 Å². The highest BCUT2D eigenvalue weighted by molar-refractivity contribution is 14.1. The Bertz CT molecular complexity index is 211. The number of aliphatic hydroxyl groups excluding tert-OH is 1. The van der Waals surface area contributed by atoms with Crippen LogP contribution in [0.4, 0.5) is 0 Å². The van der Waals surface area contributed by atoms with Crippen LogP contribution in [-0.2, 0) is 4.79 Å². The summed E-state index contributed by atoms with van der Waals surface area (Å²) in [5, 5.41) is 9.25. The van der Waals surface area contributed by atoms with Gasteiger partial charge < -0.3 is 10.0 Å². The monoisotopic (exact) mass is 312 g/mol. The van der Waals surface area contributed by atoms with Crippen LogP contribution >= 0.6 is 22.9 Å². The molecule has 0 unspecified atom stereocenters. The normalized spacial score (nSPS) is 26.3. The van der Waals surface area contributed by atoms with E-state index in [1.165, 1.54) is 6.92 Å². The Morgan fingerprint density at radius 2 is 2.29 bits per heavy atom. The molecule has 0 aliphatic carbocycles. The predicted octanol–water partition coefficient (Wildman–Crippen LogP) is 0.640. The zero-order valence-corrected chi connectivity index (χ0v) is 10.8. The van der Waals surface area contributed by atoms with Gasteiger partial charge >= 0.3 is 0 Å². The van der Waals surface area contributed by atoms with Gasteiger partial charge in [0.1, 0.15) is 6.10 Å². The van der Waals surface area contributed by atoms with Gasteiger partial charge in [-0.15, -0.1) is 0 Å². The molecule has 1 N–H and O–H groups in total. The van der Waals surface area contributed by atoms with E-state index in [1.807, 2.05) is 0 Å². The van der Waals surface area contributed by atoms with Crippen molar-refractivity contribution in [3.8, 4) is 0 Å². The molecule has 0 aromatic rings. The van der Waals surface area contributed by atoms with Gasteiger partial charge in [-0.05, 0) is 13.3 Å². The predicted molar refractivity (Wildman–Crippen MR) is 63.1 cm³/mol. The van der Waals surface area contributed by atoms with E-state index in [1.54, 1.807) is 4.90 Å². The Morgan fingerprint density at radius 3 is 2.79 bits per heavy atom. The van der Waals surface area contributed by atoms with Crippen LogP contribution in [0.3, 0.4) is 0 Å². The second-order valence-corrected chi connectivity index (χ2v) is 5.00. The minimum absolute atomic E-state index is 0.138. The van der Waals surface area contributed by atoms with Crippen LogP contribution in [0.25, 0.3) is 0 Å². The largest absolute Gasteiger partial charge is 0.384 e. The molecule has 0 aromatic carbocycles. The lowest BCUT2D eigenvalue weighted by Crippen LogP contribution is -2.54. The first kappa shape index (κ1) is 12.2. The van der Waals surface area contributed by atoms with Gasteiger partial charge in [0.15, 0.2) is 0 Å². The third kappa shape index (κ3) is 2.80. The van der Waals surface area contributed by atoms with Crippen molar-refractivity contribution in [3.63, 3.8) is 0 Å². The van der Waals surface area contributed by atoms with Crippen LogP contribution in [0, 0.1) is 0 Å². The molecule has 14 heavy (non-hydrogen) atoms. The number of hydrogen-bond acceptors (Lipinski definition) is 3. The maximum atomic E-state index is 11.6. The summed E-state index contributed by atoms with van der Waals surface area (Å²) >= 11 is 2.28. The minimum Gasteiger partial charge on any atom is -0.384 e. The van der Waals surface area contributed by atoms with Crippen LogP contribution in [0.5, 0.6) is 0 Å². The van der Waals surface area contributed by atoms with E-state index < -0.39 is 6.10 Å². The van der Waals surface area contributed by atoms with Crippen molar-refractivity contribution in [3.05, 3.63) is 0 Å². The molecule has 1 aliphatic rings. The standard InChI is InChI=1S/C9H17IN2O2/c1-3-8-6-11(10)4-5-12(8)9(14)7(2)13/h7-8,13H,3-6H2,1-2H3/t7-,8-/m0/s1. The average molecular weight is 312 g/mol. The second kappa shape index (κ2) is 5.27.